The van der Waals surface area contributed by atoms with E-state index in [1.54, 1.807) is 0 Å². The van der Waals surface area contributed by atoms with E-state index >= 15 is 0 Å². The van der Waals surface area contributed by atoms with E-state index in [0.29, 0.717) is 0 Å². The highest BCUT2D eigenvalue weighted by Crippen LogP contribution is 2.31. The van der Waals surface area contributed by atoms with Crippen molar-refractivity contribution < 1.29 is 18.9 Å². The fraction of sp³-hybridized carbons (Fsp3) is 1.00. The summed E-state index contributed by atoms with van der Waals surface area (Å²) in [4.78, 5) is 1.21. The zero-order valence-electron chi connectivity index (χ0n) is 6.87. The second kappa shape index (κ2) is 3.28. The van der Waals surface area contributed by atoms with E-state index in [-0.39, 0.29) is 13.0 Å². The zero-order valence-corrected chi connectivity index (χ0v) is 6.87. The summed E-state index contributed by atoms with van der Waals surface area (Å²) < 4.78 is 25.5. The van der Waals surface area contributed by atoms with Gasteiger partial charge in [0, 0.05) is 12.5 Å². The quantitative estimate of drug-likeness (QED) is 0.576. The van der Waals surface area contributed by atoms with Gasteiger partial charge in [-0.15, -0.1) is 0 Å². The van der Waals surface area contributed by atoms with Crippen molar-refractivity contribution in [3.63, 3.8) is 0 Å². The Bertz CT molecular complexity index is 168. The van der Waals surface area contributed by atoms with Gasteiger partial charge in [-0.1, -0.05) is 0 Å². The summed E-state index contributed by atoms with van der Waals surface area (Å²) in [6, 6.07) is -0.611. The Morgan fingerprint density at radius 3 is 2.58 bits per heavy atom. The summed E-state index contributed by atoms with van der Waals surface area (Å²) in [6.45, 7) is 0.625. The molecule has 1 aliphatic rings. The van der Waals surface area contributed by atoms with E-state index in [0.717, 1.165) is 0 Å². The van der Waals surface area contributed by atoms with Crippen molar-refractivity contribution in [3.8, 4) is 0 Å². The van der Waals surface area contributed by atoms with Crippen LogP contribution >= 0.6 is 0 Å². The van der Waals surface area contributed by atoms with Crippen LogP contribution in [0.25, 0.3) is 0 Å². The van der Waals surface area contributed by atoms with E-state index in [2.05, 4.69) is 0 Å². The molecule has 12 heavy (non-hydrogen) atoms. The number of hydrogen-bond acceptors (Lipinski definition) is 3. The lowest BCUT2D eigenvalue weighted by atomic mass is 9.84. The first-order chi connectivity index (χ1) is 5.46. The predicted octanol–water partition coefficient (Wildman–Crippen LogP) is -0.201. The van der Waals surface area contributed by atoms with Crippen molar-refractivity contribution >= 4 is 7.05 Å². The number of hydrogen-bond donors (Lipinski definition) is 2. The molecule has 0 unspecified atom stereocenters. The predicted molar refractivity (Wildman–Crippen MR) is 41.0 cm³/mol. The van der Waals surface area contributed by atoms with Crippen LogP contribution in [0, 0.1) is 0 Å². The molecule has 2 N–H and O–H groups in total. The first-order valence-corrected chi connectivity index (χ1v) is 3.89. The maximum Gasteiger partial charge on any atom is 0.376 e. The first-order valence-electron chi connectivity index (χ1n) is 3.89. The second-order valence-electron chi connectivity index (χ2n) is 3.20. The van der Waals surface area contributed by atoms with Crippen molar-refractivity contribution in [2.75, 3.05) is 13.2 Å². The molecule has 0 aromatic heterocycles. The summed E-state index contributed by atoms with van der Waals surface area (Å²) in [7, 11) is -0.921. The minimum atomic E-state index is -2.77. The molecule has 70 valence electrons. The summed E-state index contributed by atoms with van der Waals surface area (Å²) in [5.74, 6) is -2.77. The van der Waals surface area contributed by atoms with Gasteiger partial charge in [-0.2, -0.15) is 0 Å². The molecular weight excluding hydrogens is 167 g/mol. The smallest absolute Gasteiger partial charge is 0.376 e. The Kier molecular flexibility index (Phi) is 2.70. The number of rotatable bonds is 2. The van der Waals surface area contributed by atoms with Gasteiger partial charge in [0.05, 0.1) is 13.2 Å². The van der Waals surface area contributed by atoms with Crippen LogP contribution in [0.15, 0.2) is 0 Å². The molecule has 0 aromatic rings. The monoisotopic (exact) mass is 179 g/mol. The Balaban J connectivity index is 2.63. The molecule has 1 saturated heterocycles. The highest BCUT2D eigenvalue weighted by Gasteiger charge is 2.46. The van der Waals surface area contributed by atoms with Crippen LogP contribution in [0.1, 0.15) is 6.42 Å². The topological polar surface area (TPSA) is 43.7 Å². The lowest BCUT2D eigenvalue weighted by Crippen LogP contribution is -2.43. The van der Waals surface area contributed by atoms with Gasteiger partial charge in [0.2, 0.25) is 0 Å². The van der Waals surface area contributed by atoms with Crippen LogP contribution in [-0.2, 0) is 0 Å². The van der Waals surface area contributed by atoms with Gasteiger partial charge in [-0.25, -0.2) is 8.78 Å². The van der Waals surface area contributed by atoms with Crippen LogP contribution in [0.4, 0.5) is 8.78 Å². The molecule has 0 spiro atoms. The zero-order chi connectivity index (χ0) is 9.35. The molecule has 1 heterocycles. The molecule has 1 atom stereocenters. The van der Waals surface area contributed by atoms with Gasteiger partial charge in [0.25, 0.3) is 5.92 Å². The molecule has 1 fully saturated rings. The van der Waals surface area contributed by atoms with Crippen molar-refractivity contribution in [3.05, 3.63) is 0 Å². The Morgan fingerprint density at radius 2 is 2.25 bits per heavy atom. The third kappa shape index (κ3) is 1.94. The van der Waals surface area contributed by atoms with Crippen LogP contribution in [0.3, 0.4) is 0 Å². The van der Waals surface area contributed by atoms with Gasteiger partial charge in [0.15, 0.2) is 0 Å². The summed E-state index contributed by atoms with van der Waals surface area (Å²) in [5, 5.41) is 17.8. The molecule has 0 radical (unpaired) electrons. The van der Waals surface area contributed by atoms with Gasteiger partial charge >= 0.3 is 7.05 Å². The number of aliphatic hydroxyl groups excluding tert-OH is 1. The molecule has 0 aromatic carbocycles. The van der Waals surface area contributed by atoms with E-state index in [1.165, 1.54) is 11.6 Å². The van der Waals surface area contributed by atoms with Crippen LogP contribution in [-0.4, -0.2) is 47.1 Å². The minimum absolute atomic E-state index is 0.333. The lowest BCUT2D eigenvalue weighted by Gasteiger charge is -2.21. The van der Waals surface area contributed by atoms with Gasteiger partial charge in [-0.05, 0) is 6.82 Å². The molecule has 0 amide bonds. The molecular formula is C6H12BF2NO2. The van der Waals surface area contributed by atoms with E-state index < -0.39 is 25.6 Å². The average molecular weight is 179 g/mol. The maximum absolute atomic E-state index is 12.7. The normalized spacial score (nSPS) is 29.2. The van der Waals surface area contributed by atoms with Crippen molar-refractivity contribution in [2.24, 2.45) is 0 Å². The van der Waals surface area contributed by atoms with Crippen LogP contribution < -0.4 is 0 Å². The first kappa shape index (κ1) is 9.89. The van der Waals surface area contributed by atoms with Crippen molar-refractivity contribution in [1.29, 1.82) is 0 Å². The summed E-state index contributed by atoms with van der Waals surface area (Å²) in [6.07, 6.45) is -0.367. The molecule has 0 bridgehead atoms. The Morgan fingerprint density at radius 1 is 1.67 bits per heavy atom. The van der Waals surface area contributed by atoms with Gasteiger partial charge in [-0.3, -0.25) is 0 Å². The van der Waals surface area contributed by atoms with E-state index in [9.17, 15) is 8.78 Å². The molecule has 0 aliphatic carbocycles. The van der Waals surface area contributed by atoms with E-state index in [4.69, 9.17) is 10.1 Å². The van der Waals surface area contributed by atoms with Gasteiger partial charge in [0.1, 0.15) is 0 Å². The Hall–Kier alpha value is -0.195. The van der Waals surface area contributed by atoms with Crippen LogP contribution in [0.2, 0.25) is 6.82 Å². The summed E-state index contributed by atoms with van der Waals surface area (Å²) >= 11 is 0. The van der Waals surface area contributed by atoms with Crippen molar-refractivity contribution in [2.45, 2.75) is 25.2 Å². The molecule has 3 nitrogen and oxygen atoms in total. The lowest BCUT2D eigenvalue weighted by molar-refractivity contribution is 0.0154. The molecule has 0 saturated carbocycles. The highest BCUT2D eigenvalue weighted by molar-refractivity contribution is 6.45. The SMILES string of the molecule is CB(O)N1CC(F)(F)C[C@H]1CO. The largest absolute Gasteiger partial charge is 0.437 e. The molecule has 1 aliphatic heterocycles. The number of halogens is 2. The number of nitrogens with zero attached hydrogens (tertiary/aromatic N) is 1. The fourth-order valence-electron chi connectivity index (χ4n) is 1.53. The van der Waals surface area contributed by atoms with Gasteiger partial charge < -0.3 is 14.9 Å². The van der Waals surface area contributed by atoms with Crippen LogP contribution in [0.5, 0.6) is 0 Å². The Labute approximate surface area is 70.1 Å². The molecule has 6 heteroatoms. The molecule has 1 rings (SSSR count). The highest BCUT2D eigenvalue weighted by atomic mass is 19.3. The third-order valence-corrected chi connectivity index (χ3v) is 2.11. The van der Waals surface area contributed by atoms with E-state index in [1.807, 2.05) is 0 Å². The summed E-state index contributed by atoms with van der Waals surface area (Å²) in [5.41, 5.74) is 0. The minimum Gasteiger partial charge on any atom is -0.437 e. The standard InChI is InChI=1S/C6H12BF2NO2/c1-7(12)10-4-6(8,9)2-5(10)3-11/h5,11-12H,2-4H2,1H3/t5-/m0/s1. The second-order valence-corrected chi connectivity index (χ2v) is 3.20. The number of aliphatic hydroxyl groups is 1. The average Bonchev–Trinajstić information content (AvgIpc) is 2.25. The maximum atomic E-state index is 12.7. The van der Waals surface area contributed by atoms with Crippen molar-refractivity contribution in [1.82, 2.24) is 4.81 Å². The number of alkyl halides is 2. The third-order valence-electron chi connectivity index (χ3n) is 2.11. The fourth-order valence-corrected chi connectivity index (χ4v) is 1.53.